The topological polar surface area (TPSA) is 58.6 Å². The first-order valence-corrected chi connectivity index (χ1v) is 7.22. The molecule has 0 aromatic rings. The van der Waals surface area contributed by atoms with Crippen LogP contribution in [-0.2, 0) is 14.3 Å². The molecule has 1 aliphatic rings. The van der Waals surface area contributed by atoms with Crippen molar-refractivity contribution in [1.29, 1.82) is 0 Å². The molecular formula is C14H26N2O3. The summed E-state index contributed by atoms with van der Waals surface area (Å²) < 4.78 is 4.78. The third kappa shape index (κ3) is 7.15. The van der Waals surface area contributed by atoms with Crippen LogP contribution in [0.3, 0.4) is 0 Å². The fourth-order valence-corrected chi connectivity index (χ4v) is 2.30. The summed E-state index contributed by atoms with van der Waals surface area (Å²) in [6.07, 6.45) is 3.88. The van der Waals surface area contributed by atoms with Gasteiger partial charge in [-0.1, -0.05) is 0 Å². The SMILES string of the molecule is CCOC(=O)CCC(=O)NCCC1CCN(C)CC1. The van der Waals surface area contributed by atoms with E-state index in [1.807, 2.05) is 0 Å². The van der Waals surface area contributed by atoms with Gasteiger partial charge in [-0.15, -0.1) is 0 Å². The fraction of sp³-hybridized carbons (Fsp3) is 0.857. The maximum absolute atomic E-state index is 11.5. The number of nitrogens with zero attached hydrogens (tertiary/aromatic N) is 1. The molecule has 5 nitrogen and oxygen atoms in total. The smallest absolute Gasteiger partial charge is 0.306 e. The Hall–Kier alpha value is -1.10. The highest BCUT2D eigenvalue weighted by Gasteiger charge is 2.16. The van der Waals surface area contributed by atoms with E-state index in [1.165, 1.54) is 12.8 Å². The number of piperidine rings is 1. The zero-order valence-corrected chi connectivity index (χ0v) is 12.1. The van der Waals surface area contributed by atoms with Gasteiger partial charge < -0.3 is 15.0 Å². The van der Waals surface area contributed by atoms with Crippen LogP contribution in [0, 0.1) is 5.92 Å². The van der Waals surface area contributed by atoms with E-state index in [0.717, 1.165) is 32.0 Å². The Labute approximate surface area is 115 Å². The summed E-state index contributed by atoms with van der Waals surface area (Å²) in [5.41, 5.74) is 0. The molecule has 0 saturated carbocycles. The molecule has 0 spiro atoms. The van der Waals surface area contributed by atoms with Crippen LogP contribution in [0.1, 0.15) is 39.0 Å². The zero-order valence-electron chi connectivity index (χ0n) is 12.1. The second-order valence-electron chi connectivity index (χ2n) is 5.19. The van der Waals surface area contributed by atoms with Gasteiger partial charge in [0.05, 0.1) is 13.0 Å². The number of carbonyl (C=O) groups excluding carboxylic acids is 2. The lowest BCUT2D eigenvalue weighted by Gasteiger charge is -2.28. The maximum Gasteiger partial charge on any atom is 0.306 e. The molecule has 1 saturated heterocycles. The van der Waals surface area contributed by atoms with E-state index in [1.54, 1.807) is 6.92 Å². The monoisotopic (exact) mass is 270 g/mol. The van der Waals surface area contributed by atoms with E-state index in [0.29, 0.717) is 6.61 Å². The summed E-state index contributed by atoms with van der Waals surface area (Å²) in [5.74, 6) is 0.371. The van der Waals surface area contributed by atoms with Crippen LogP contribution in [0.15, 0.2) is 0 Å². The number of hydrogen-bond donors (Lipinski definition) is 1. The van der Waals surface area contributed by atoms with Crippen molar-refractivity contribution in [3.63, 3.8) is 0 Å². The van der Waals surface area contributed by atoms with Gasteiger partial charge in [0.15, 0.2) is 0 Å². The molecule has 110 valence electrons. The number of amides is 1. The van der Waals surface area contributed by atoms with Gasteiger partial charge in [0.25, 0.3) is 0 Å². The van der Waals surface area contributed by atoms with Crippen molar-refractivity contribution in [3.8, 4) is 0 Å². The summed E-state index contributed by atoms with van der Waals surface area (Å²) in [6, 6.07) is 0. The molecule has 1 fully saturated rings. The first-order valence-electron chi connectivity index (χ1n) is 7.22. The highest BCUT2D eigenvalue weighted by atomic mass is 16.5. The molecule has 1 amide bonds. The lowest BCUT2D eigenvalue weighted by atomic mass is 9.94. The average Bonchev–Trinajstić information content (AvgIpc) is 2.39. The van der Waals surface area contributed by atoms with Gasteiger partial charge in [0.1, 0.15) is 0 Å². The Bertz CT molecular complexity index is 286. The quantitative estimate of drug-likeness (QED) is 0.706. The third-order valence-corrected chi connectivity index (χ3v) is 3.57. The molecule has 19 heavy (non-hydrogen) atoms. The minimum absolute atomic E-state index is 0.0546. The maximum atomic E-state index is 11.5. The molecule has 0 unspecified atom stereocenters. The van der Waals surface area contributed by atoms with E-state index < -0.39 is 0 Å². The molecule has 1 heterocycles. The van der Waals surface area contributed by atoms with Crippen molar-refractivity contribution in [1.82, 2.24) is 10.2 Å². The van der Waals surface area contributed by atoms with E-state index in [2.05, 4.69) is 17.3 Å². The Morgan fingerprint density at radius 2 is 1.95 bits per heavy atom. The Kier molecular flexibility index (Phi) is 7.48. The Morgan fingerprint density at radius 3 is 2.58 bits per heavy atom. The average molecular weight is 270 g/mol. The number of rotatable bonds is 7. The molecule has 1 N–H and O–H groups in total. The van der Waals surface area contributed by atoms with Gasteiger partial charge in [0.2, 0.25) is 5.91 Å². The molecule has 0 aliphatic carbocycles. The Balaban J connectivity index is 2.02. The van der Waals surface area contributed by atoms with Crippen LogP contribution >= 0.6 is 0 Å². The number of carbonyl (C=O) groups is 2. The lowest BCUT2D eigenvalue weighted by Crippen LogP contribution is -2.32. The number of likely N-dealkylation sites (tertiary alicyclic amines) is 1. The molecule has 0 atom stereocenters. The molecular weight excluding hydrogens is 244 g/mol. The third-order valence-electron chi connectivity index (χ3n) is 3.57. The van der Waals surface area contributed by atoms with Crippen LogP contribution in [0.4, 0.5) is 0 Å². The van der Waals surface area contributed by atoms with Crippen molar-refractivity contribution in [2.45, 2.75) is 39.0 Å². The van der Waals surface area contributed by atoms with Gasteiger partial charge in [-0.2, -0.15) is 0 Å². The first-order chi connectivity index (χ1) is 9.11. The summed E-state index contributed by atoms with van der Waals surface area (Å²) >= 11 is 0. The van der Waals surface area contributed by atoms with Crippen molar-refractivity contribution in [3.05, 3.63) is 0 Å². The summed E-state index contributed by atoms with van der Waals surface area (Å²) in [5, 5.41) is 2.88. The predicted molar refractivity (Wildman–Crippen MR) is 73.7 cm³/mol. The number of esters is 1. The lowest BCUT2D eigenvalue weighted by molar-refractivity contribution is -0.144. The highest BCUT2D eigenvalue weighted by molar-refractivity contribution is 5.81. The molecule has 0 aromatic carbocycles. The van der Waals surface area contributed by atoms with Crippen molar-refractivity contribution < 1.29 is 14.3 Å². The second-order valence-corrected chi connectivity index (χ2v) is 5.19. The fourth-order valence-electron chi connectivity index (χ4n) is 2.30. The minimum atomic E-state index is -0.298. The van der Waals surface area contributed by atoms with Gasteiger partial charge in [-0.05, 0) is 52.2 Å². The molecule has 0 bridgehead atoms. The van der Waals surface area contributed by atoms with Crippen LogP contribution in [0.5, 0.6) is 0 Å². The molecule has 1 rings (SSSR count). The summed E-state index contributed by atoms with van der Waals surface area (Å²) in [7, 11) is 2.15. The molecule has 0 radical (unpaired) electrons. The second kappa shape index (κ2) is 8.91. The number of hydrogen-bond acceptors (Lipinski definition) is 4. The van der Waals surface area contributed by atoms with Gasteiger partial charge in [0, 0.05) is 13.0 Å². The van der Waals surface area contributed by atoms with Crippen LogP contribution in [0.25, 0.3) is 0 Å². The van der Waals surface area contributed by atoms with Crippen LogP contribution in [0.2, 0.25) is 0 Å². The predicted octanol–water partition coefficient (Wildman–Crippen LogP) is 1.18. The molecule has 5 heteroatoms. The number of nitrogens with one attached hydrogen (secondary N) is 1. The van der Waals surface area contributed by atoms with Gasteiger partial charge >= 0.3 is 5.97 Å². The standard InChI is InChI=1S/C14H26N2O3/c1-3-19-14(18)5-4-13(17)15-9-6-12-7-10-16(2)11-8-12/h12H,3-11H2,1-2H3,(H,15,17). The molecule has 1 aliphatic heterocycles. The number of ether oxygens (including phenoxy) is 1. The van der Waals surface area contributed by atoms with Crippen LogP contribution < -0.4 is 5.32 Å². The van der Waals surface area contributed by atoms with E-state index in [4.69, 9.17) is 4.74 Å². The van der Waals surface area contributed by atoms with Crippen molar-refractivity contribution in [2.24, 2.45) is 5.92 Å². The van der Waals surface area contributed by atoms with Crippen molar-refractivity contribution in [2.75, 3.05) is 33.3 Å². The van der Waals surface area contributed by atoms with Gasteiger partial charge in [-0.3, -0.25) is 9.59 Å². The zero-order chi connectivity index (χ0) is 14.1. The largest absolute Gasteiger partial charge is 0.466 e. The molecule has 0 aromatic heterocycles. The summed E-state index contributed by atoms with van der Waals surface area (Å²) in [4.78, 5) is 25.0. The normalized spacial score (nSPS) is 17.2. The highest BCUT2D eigenvalue weighted by Crippen LogP contribution is 2.18. The minimum Gasteiger partial charge on any atom is -0.466 e. The van der Waals surface area contributed by atoms with Crippen LogP contribution in [-0.4, -0.2) is 50.1 Å². The van der Waals surface area contributed by atoms with Crippen molar-refractivity contribution >= 4 is 11.9 Å². The summed E-state index contributed by atoms with van der Waals surface area (Å²) in [6.45, 7) is 5.16. The Morgan fingerprint density at radius 1 is 1.26 bits per heavy atom. The van der Waals surface area contributed by atoms with E-state index in [-0.39, 0.29) is 24.7 Å². The van der Waals surface area contributed by atoms with E-state index >= 15 is 0 Å². The first kappa shape index (κ1) is 16.0. The van der Waals surface area contributed by atoms with Gasteiger partial charge in [-0.25, -0.2) is 0 Å². The van der Waals surface area contributed by atoms with E-state index in [9.17, 15) is 9.59 Å².